The molecule has 14 heavy (non-hydrogen) atoms. The fourth-order valence-electron chi connectivity index (χ4n) is 1.18. The summed E-state index contributed by atoms with van der Waals surface area (Å²) in [5.41, 5.74) is 0.914. The lowest BCUT2D eigenvalue weighted by Gasteiger charge is -2.14. The molecule has 0 aliphatic carbocycles. The van der Waals surface area contributed by atoms with E-state index in [1.165, 1.54) is 0 Å². The summed E-state index contributed by atoms with van der Waals surface area (Å²) in [5.74, 6) is 0.589. The number of hydrogen-bond acceptors (Lipinski definition) is 3. The van der Waals surface area contributed by atoms with Crippen LogP contribution in [0.25, 0.3) is 0 Å². The Kier molecular flexibility index (Phi) is 4.14. The number of nitrogens with zero attached hydrogens (tertiary/aromatic N) is 2. The van der Waals surface area contributed by atoms with Crippen LogP contribution < -0.4 is 4.74 Å². The maximum absolute atomic E-state index is 5.68. The summed E-state index contributed by atoms with van der Waals surface area (Å²) < 4.78 is 5.63. The molecule has 1 heterocycles. The highest BCUT2D eigenvalue weighted by atomic mass is 35.5. The molecule has 3 nitrogen and oxygen atoms in total. The fraction of sp³-hybridized carbons (Fsp3) is 0.600. The fourth-order valence-corrected chi connectivity index (χ4v) is 1.31. The molecule has 1 aromatic heterocycles. The van der Waals surface area contributed by atoms with Crippen molar-refractivity contribution in [1.82, 2.24) is 9.97 Å². The van der Waals surface area contributed by atoms with Crippen LogP contribution in [0.4, 0.5) is 0 Å². The van der Waals surface area contributed by atoms with Gasteiger partial charge in [0.25, 0.3) is 0 Å². The molecule has 0 fully saturated rings. The van der Waals surface area contributed by atoms with Crippen LogP contribution in [0.3, 0.4) is 0 Å². The third-order valence-corrected chi connectivity index (χ3v) is 2.09. The van der Waals surface area contributed by atoms with Crippen molar-refractivity contribution < 1.29 is 4.74 Å². The maximum Gasteiger partial charge on any atom is 0.225 e. The monoisotopic (exact) mass is 214 g/mol. The Morgan fingerprint density at radius 2 is 2.29 bits per heavy atom. The topological polar surface area (TPSA) is 35.0 Å². The first kappa shape index (κ1) is 11.2. The van der Waals surface area contributed by atoms with Crippen molar-refractivity contribution in [2.75, 3.05) is 0 Å². The molecule has 0 saturated heterocycles. The van der Waals surface area contributed by atoms with Crippen LogP contribution in [0, 0.1) is 6.92 Å². The van der Waals surface area contributed by atoms with Gasteiger partial charge in [-0.2, -0.15) is 4.98 Å². The van der Waals surface area contributed by atoms with E-state index in [9.17, 15) is 0 Å². The molecule has 1 aromatic rings. The van der Waals surface area contributed by atoms with Crippen LogP contribution in [-0.4, -0.2) is 16.1 Å². The van der Waals surface area contributed by atoms with Crippen molar-refractivity contribution in [2.24, 2.45) is 0 Å². The van der Waals surface area contributed by atoms with E-state index < -0.39 is 0 Å². The van der Waals surface area contributed by atoms with Crippen LogP contribution >= 0.6 is 11.6 Å². The second-order valence-electron chi connectivity index (χ2n) is 3.34. The van der Waals surface area contributed by atoms with Gasteiger partial charge in [0, 0.05) is 11.8 Å². The van der Waals surface area contributed by atoms with E-state index in [4.69, 9.17) is 16.3 Å². The summed E-state index contributed by atoms with van der Waals surface area (Å²) >= 11 is 5.68. The molecule has 1 unspecified atom stereocenters. The Morgan fingerprint density at radius 3 is 2.93 bits per heavy atom. The lowest BCUT2D eigenvalue weighted by molar-refractivity contribution is 0.199. The minimum Gasteiger partial charge on any atom is -0.474 e. The number of aryl methyl sites for hydroxylation is 1. The lowest BCUT2D eigenvalue weighted by Crippen LogP contribution is -2.13. The highest BCUT2D eigenvalue weighted by molar-refractivity contribution is 6.28. The van der Waals surface area contributed by atoms with Crippen LogP contribution in [0.2, 0.25) is 5.28 Å². The van der Waals surface area contributed by atoms with Gasteiger partial charge >= 0.3 is 0 Å². The van der Waals surface area contributed by atoms with E-state index >= 15 is 0 Å². The van der Waals surface area contributed by atoms with Gasteiger partial charge in [0.05, 0.1) is 6.10 Å². The van der Waals surface area contributed by atoms with Crippen molar-refractivity contribution in [1.29, 1.82) is 0 Å². The zero-order valence-corrected chi connectivity index (χ0v) is 9.51. The van der Waals surface area contributed by atoms with Gasteiger partial charge in [0.15, 0.2) is 0 Å². The SMILES string of the molecule is CCCC(C)Oc1nc(Cl)ncc1C. The van der Waals surface area contributed by atoms with Crippen molar-refractivity contribution in [3.63, 3.8) is 0 Å². The largest absolute Gasteiger partial charge is 0.474 e. The summed E-state index contributed by atoms with van der Waals surface area (Å²) in [6, 6.07) is 0. The molecule has 0 aromatic carbocycles. The summed E-state index contributed by atoms with van der Waals surface area (Å²) in [6.45, 7) is 6.06. The molecular weight excluding hydrogens is 200 g/mol. The summed E-state index contributed by atoms with van der Waals surface area (Å²) in [4.78, 5) is 7.89. The van der Waals surface area contributed by atoms with E-state index in [1.807, 2.05) is 13.8 Å². The van der Waals surface area contributed by atoms with Gasteiger partial charge in [-0.3, -0.25) is 0 Å². The summed E-state index contributed by atoms with van der Waals surface area (Å²) in [6.07, 6.45) is 3.95. The molecule has 0 spiro atoms. The smallest absolute Gasteiger partial charge is 0.225 e. The average Bonchev–Trinajstić information content (AvgIpc) is 2.12. The molecule has 78 valence electrons. The van der Waals surface area contributed by atoms with E-state index in [-0.39, 0.29) is 11.4 Å². The molecule has 0 saturated carbocycles. The third-order valence-electron chi connectivity index (χ3n) is 1.90. The van der Waals surface area contributed by atoms with Gasteiger partial charge in [-0.1, -0.05) is 13.3 Å². The Morgan fingerprint density at radius 1 is 1.57 bits per heavy atom. The van der Waals surface area contributed by atoms with Crippen LogP contribution in [0.15, 0.2) is 6.20 Å². The van der Waals surface area contributed by atoms with E-state index in [2.05, 4.69) is 16.9 Å². The Bertz CT molecular complexity index is 304. The molecule has 0 N–H and O–H groups in total. The molecule has 0 radical (unpaired) electrons. The lowest BCUT2D eigenvalue weighted by atomic mass is 10.2. The molecule has 1 atom stereocenters. The van der Waals surface area contributed by atoms with Gasteiger partial charge < -0.3 is 4.74 Å². The second kappa shape index (κ2) is 5.15. The Hall–Kier alpha value is -0.830. The van der Waals surface area contributed by atoms with Crippen molar-refractivity contribution in [3.05, 3.63) is 17.0 Å². The zero-order valence-electron chi connectivity index (χ0n) is 8.75. The highest BCUT2D eigenvalue weighted by Gasteiger charge is 2.07. The first-order valence-corrected chi connectivity index (χ1v) is 5.17. The predicted molar refractivity (Wildman–Crippen MR) is 56.8 cm³/mol. The second-order valence-corrected chi connectivity index (χ2v) is 3.68. The van der Waals surface area contributed by atoms with Crippen LogP contribution in [0.1, 0.15) is 32.3 Å². The minimum atomic E-state index is 0.171. The zero-order chi connectivity index (χ0) is 10.6. The summed E-state index contributed by atoms with van der Waals surface area (Å²) in [5, 5.41) is 0.231. The summed E-state index contributed by atoms with van der Waals surface area (Å²) in [7, 11) is 0. The highest BCUT2D eigenvalue weighted by Crippen LogP contribution is 2.17. The molecule has 4 heteroatoms. The quantitative estimate of drug-likeness (QED) is 0.723. The average molecular weight is 215 g/mol. The number of rotatable bonds is 4. The van der Waals surface area contributed by atoms with Crippen molar-refractivity contribution in [3.8, 4) is 5.88 Å². The van der Waals surface area contributed by atoms with E-state index in [0.29, 0.717) is 5.88 Å². The normalized spacial score (nSPS) is 12.6. The van der Waals surface area contributed by atoms with Crippen molar-refractivity contribution >= 4 is 11.6 Å². The molecule has 0 amide bonds. The maximum atomic E-state index is 5.68. The first-order valence-electron chi connectivity index (χ1n) is 4.79. The minimum absolute atomic E-state index is 0.171. The Balaban J connectivity index is 2.70. The van der Waals surface area contributed by atoms with Crippen LogP contribution in [-0.2, 0) is 0 Å². The van der Waals surface area contributed by atoms with Gasteiger partial charge in [0.1, 0.15) is 0 Å². The van der Waals surface area contributed by atoms with Crippen molar-refractivity contribution in [2.45, 2.75) is 39.7 Å². The molecule has 1 rings (SSSR count). The molecular formula is C10H15ClN2O. The first-order chi connectivity index (χ1) is 6.63. The molecule has 0 bridgehead atoms. The number of ether oxygens (including phenoxy) is 1. The van der Waals surface area contributed by atoms with Crippen LogP contribution in [0.5, 0.6) is 5.88 Å². The van der Waals surface area contributed by atoms with Gasteiger partial charge in [0.2, 0.25) is 11.2 Å². The number of halogens is 1. The predicted octanol–water partition coefficient (Wildman–Crippen LogP) is 3.01. The van der Waals surface area contributed by atoms with Gasteiger partial charge in [-0.25, -0.2) is 4.98 Å². The third kappa shape index (κ3) is 3.14. The standard InChI is InChI=1S/C10H15ClN2O/c1-4-5-8(3)14-9-7(2)6-12-10(11)13-9/h6,8H,4-5H2,1-3H3. The molecule has 0 aliphatic heterocycles. The van der Waals surface area contributed by atoms with Gasteiger partial charge in [-0.05, 0) is 31.9 Å². The van der Waals surface area contributed by atoms with E-state index in [0.717, 1.165) is 18.4 Å². The van der Waals surface area contributed by atoms with E-state index in [1.54, 1.807) is 6.20 Å². The number of hydrogen-bond donors (Lipinski definition) is 0. The number of aromatic nitrogens is 2. The molecule has 0 aliphatic rings. The Labute approximate surface area is 89.5 Å². The van der Waals surface area contributed by atoms with Gasteiger partial charge in [-0.15, -0.1) is 0 Å².